The molecule has 1 N–H and O–H groups in total. The standard InChI is InChI=1S/C18H32N4S/c1-5-19-18(20-11-10-17-13-23-15(3)21-17)22(4)12-16-8-6-14(2)7-9-16/h13-14,16H,5-12H2,1-4H3,(H,19,20). The lowest BCUT2D eigenvalue weighted by atomic mass is 9.83. The van der Waals surface area contributed by atoms with Crippen LogP contribution in [-0.2, 0) is 6.42 Å². The summed E-state index contributed by atoms with van der Waals surface area (Å²) in [7, 11) is 2.17. The highest BCUT2D eigenvalue weighted by molar-refractivity contribution is 7.09. The lowest BCUT2D eigenvalue weighted by molar-refractivity contribution is 0.250. The molecule has 1 fully saturated rings. The number of rotatable bonds is 6. The van der Waals surface area contributed by atoms with Crippen molar-refractivity contribution in [3.05, 3.63) is 16.1 Å². The van der Waals surface area contributed by atoms with E-state index in [-0.39, 0.29) is 0 Å². The smallest absolute Gasteiger partial charge is 0.193 e. The van der Waals surface area contributed by atoms with Crippen molar-refractivity contribution in [2.75, 3.05) is 26.7 Å². The molecule has 0 aromatic carbocycles. The molecule has 0 bridgehead atoms. The maximum atomic E-state index is 4.79. The van der Waals surface area contributed by atoms with Crippen LogP contribution in [0.15, 0.2) is 10.4 Å². The first-order valence-corrected chi connectivity index (χ1v) is 9.87. The summed E-state index contributed by atoms with van der Waals surface area (Å²) in [5.74, 6) is 2.78. The highest BCUT2D eigenvalue weighted by atomic mass is 32.1. The second-order valence-electron chi connectivity index (χ2n) is 6.85. The summed E-state index contributed by atoms with van der Waals surface area (Å²) >= 11 is 1.72. The van der Waals surface area contributed by atoms with Gasteiger partial charge in [-0.15, -0.1) is 11.3 Å². The van der Waals surface area contributed by atoms with Gasteiger partial charge in [0.15, 0.2) is 5.96 Å². The maximum Gasteiger partial charge on any atom is 0.193 e. The molecule has 0 saturated heterocycles. The van der Waals surface area contributed by atoms with E-state index in [0.29, 0.717) is 0 Å². The van der Waals surface area contributed by atoms with Crippen molar-refractivity contribution < 1.29 is 0 Å². The zero-order chi connectivity index (χ0) is 16.7. The van der Waals surface area contributed by atoms with Gasteiger partial charge in [0.05, 0.1) is 10.7 Å². The molecule has 0 amide bonds. The van der Waals surface area contributed by atoms with Crippen LogP contribution in [0, 0.1) is 18.8 Å². The number of thiazole rings is 1. The molecule has 0 unspecified atom stereocenters. The summed E-state index contributed by atoms with van der Waals surface area (Å²) in [6.07, 6.45) is 6.42. The maximum absolute atomic E-state index is 4.79. The van der Waals surface area contributed by atoms with Crippen molar-refractivity contribution in [1.82, 2.24) is 15.2 Å². The Bertz CT molecular complexity index is 489. The molecule has 1 saturated carbocycles. The molecule has 0 atom stereocenters. The molecule has 1 aromatic heterocycles. The molecule has 130 valence electrons. The normalized spacial score (nSPS) is 22.2. The third-order valence-electron chi connectivity index (χ3n) is 4.66. The molecule has 5 heteroatoms. The van der Waals surface area contributed by atoms with Crippen LogP contribution in [0.1, 0.15) is 50.2 Å². The summed E-state index contributed by atoms with van der Waals surface area (Å²) in [4.78, 5) is 11.6. The van der Waals surface area contributed by atoms with E-state index in [1.807, 2.05) is 0 Å². The fourth-order valence-corrected chi connectivity index (χ4v) is 3.90. The van der Waals surface area contributed by atoms with Gasteiger partial charge in [0, 0.05) is 38.5 Å². The molecule has 0 aliphatic heterocycles. The van der Waals surface area contributed by atoms with Crippen molar-refractivity contribution in [2.24, 2.45) is 16.8 Å². The minimum Gasteiger partial charge on any atom is -0.357 e. The van der Waals surface area contributed by atoms with E-state index in [0.717, 1.165) is 54.6 Å². The first-order chi connectivity index (χ1) is 11.1. The molecule has 1 aliphatic rings. The summed E-state index contributed by atoms with van der Waals surface area (Å²) in [6, 6.07) is 0. The molecular formula is C18H32N4S. The zero-order valence-corrected chi connectivity index (χ0v) is 16.0. The lowest BCUT2D eigenvalue weighted by Gasteiger charge is -2.31. The largest absolute Gasteiger partial charge is 0.357 e. The van der Waals surface area contributed by atoms with Gasteiger partial charge in [-0.05, 0) is 38.5 Å². The Morgan fingerprint density at radius 1 is 1.39 bits per heavy atom. The zero-order valence-electron chi connectivity index (χ0n) is 15.1. The first-order valence-electron chi connectivity index (χ1n) is 8.99. The Labute approximate surface area is 145 Å². The Kier molecular flexibility index (Phi) is 7.34. The molecule has 1 aliphatic carbocycles. The van der Waals surface area contributed by atoms with Crippen LogP contribution >= 0.6 is 11.3 Å². The van der Waals surface area contributed by atoms with Gasteiger partial charge in [-0.3, -0.25) is 4.99 Å². The number of hydrogen-bond donors (Lipinski definition) is 1. The summed E-state index contributed by atoms with van der Waals surface area (Å²) in [5, 5.41) is 6.71. The van der Waals surface area contributed by atoms with Gasteiger partial charge in [0.25, 0.3) is 0 Å². The van der Waals surface area contributed by atoms with Gasteiger partial charge in [0.1, 0.15) is 0 Å². The van der Waals surface area contributed by atoms with Crippen LogP contribution in [0.25, 0.3) is 0 Å². The van der Waals surface area contributed by atoms with Crippen LogP contribution in [0.5, 0.6) is 0 Å². The van der Waals surface area contributed by atoms with E-state index in [4.69, 9.17) is 4.99 Å². The number of aliphatic imine (C=N–C) groups is 1. The Hall–Kier alpha value is -1.10. The van der Waals surface area contributed by atoms with Crippen molar-refractivity contribution >= 4 is 17.3 Å². The molecule has 0 radical (unpaired) electrons. The van der Waals surface area contributed by atoms with Crippen molar-refractivity contribution in [2.45, 2.75) is 52.9 Å². The Morgan fingerprint density at radius 2 is 2.13 bits per heavy atom. The molecule has 4 nitrogen and oxygen atoms in total. The van der Waals surface area contributed by atoms with Gasteiger partial charge in [-0.1, -0.05) is 19.8 Å². The quantitative estimate of drug-likeness (QED) is 0.636. The third-order valence-corrected chi connectivity index (χ3v) is 5.48. The van der Waals surface area contributed by atoms with Crippen molar-refractivity contribution in [3.63, 3.8) is 0 Å². The molecule has 1 heterocycles. The molecular weight excluding hydrogens is 304 g/mol. The highest BCUT2D eigenvalue weighted by Gasteiger charge is 2.20. The number of nitrogens with one attached hydrogen (secondary N) is 1. The van der Waals surface area contributed by atoms with Gasteiger partial charge >= 0.3 is 0 Å². The Morgan fingerprint density at radius 3 is 2.74 bits per heavy atom. The minimum absolute atomic E-state index is 0.803. The van der Waals surface area contributed by atoms with Crippen LogP contribution in [0.3, 0.4) is 0 Å². The summed E-state index contributed by atoms with van der Waals surface area (Å²) < 4.78 is 0. The average Bonchev–Trinajstić information content (AvgIpc) is 2.94. The second kappa shape index (κ2) is 9.26. The van der Waals surface area contributed by atoms with Gasteiger partial charge in [-0.2, -0.15) is 0 Å². The van der Waals surface area contributed by atoms with E-state index >= 15 is 0 Å². The van der Waals surface area contributed by atoms with E-state index in [2.05, 4.69) is 48.4 Å². The summed E-state index contributed by atoms with van der Waals surface area (Å²) in [6.45, 7) is 9.41. The number of guanidine groups is 1. The predicted octanol–water partition coefficient (Wildman–Crippen LogP) is 3.72. The predicted molar refractivity (Wildman–Crippen MR) is 100 cm³/mol. The number of aryl methyl sites for hydroxylation is 1. The van der Waals surface area contributed by atoms with Crippen molar-refractivity contribution in [3.8, 4) is 0 Å². The number of nitrogens with zero attached hydrogens (tertiary/aromatic N) is 3. The van der Waals surface area contributed by atoms with Gasteiger partial charge < -0.3 is 10.2 Å². The van der Waals surface area contributed by atoms with Gasteiger partial charge in [0.2, 0.25) is 0 Å². The van der Waals surface area contributed by atoms with Crippen molar-refractivity contribution in [1.29, 1.82) is 0 Å². The van der Waals surface area contributed by atoms with Crippen LogP contribution in [-0.4, -0.2) is 42.5 Å². The van der Waals surface area contributed by atoms with Crippen LogP contribution < -0.4 is 5.32 Å². The summed E-state index contributed by atoms with van der Waals surface area (Å²) in [5.41, 5.74) is 1.16. The average molecular weight is 337 g/mol. The van der Waals surface area contributed by atoms with E-state index in [9.17, 15) is 0 Å². The van der Waals surface area contributed by atoms with Crippen LogP contribution in [0.2, 0.25) is 0 Å². The molecule has 2 rings (SSSR count). The monoisotopic (exact) mass is 336 g/mol. The fourth-order valence-electron chi connectivity index (χ4n) is 3.25. The number of hydrogen-bond acceptors (Lipinski definition) is 3. The fraction of sp³-hybridized carbons (Fsp3) is 0.778. The molecule has 0 spiro atoms. The third kappa shape index (κ3) is 6.13. The van der Waals surface area contributed by atoms with E-state index < -0.39 is 0 Å². The topological polar surface area (TPSA) is 40.5 Å². The number of aromatic nitrogens is 1. The van der Waals surface area contributed by atoms with E-state index in [1.54, 1.807) is 11.3 Å². The van der Waals surface area contributed by atoms with E-state index in [1.165, 1.54) is 25.7 Å². The molecule has 1 aromatic rings. The SMILES string of the molecule is CCNC(=NCCc1csc(C)n1)N(C)CC1CCC(C)CC1. The Balaban J connectivity index is 1.84. The highest BCUT2D eigenvalue weighted by Crippen LogP contribution is 2.28. The first kappa shape index (κ1) is 18.2. The lowest BCUT2D eigenvalue weighted by Crippen LogP contribution is -2.42. The van der Waals surface area contributed by atoms with Crippen LogP contribution in [0.4, 0.5) is 0 Å². The second-order valence-corrected chi connectivity index (χ2v) is 7.91. The molecule has 23 heavy (non-hydrogen) atoms. The minimum atomic E-state index is 0.803. The van der Waals surface area contributed by atoms with Gasteiger partial charge in [-0.25, -0.2) is 4.98 Å².